The Bertz CT molecular complexity index is 929. The van der Waals surface area contributed by atoms with E-state index >= 15 is 0 Å². The number of nitrogens with zero attached hydrogens (tertiary/aromatic N) is 2. The van der Waals surface area contributed by atoms with Gasteiger partial charge < -0.3 is 20.1 Å². The Kier molecular flexibility index (Phi) is 5.58. The van der Waals surface area contributed by atoms with Gasteiger partial charge in [0.15, 0.2) is 0 Å². The summed E-state index contributed by atoms with van der Waals surface area (Å²) >= 11 is 0. The highest BCUT2D eigenvalue weighted by Gasteiger charge is 2.20. The average Bonchev–Trinajstić information content (AvgIpc) is 3.15. The number of H-pyrrole nitrogens is 1. The zero-order chi connectivity index (χ0) is 19.3. The molecule has 0 radical (unpaired) electrons. The molecule has 4 rings (SSSR count). The lowest BCUT2D eigenvalue weighted by atomic mass is 10.1. The van der Waals surface area contributed by atoms with Gasteiger partial charge in [-0.15, -0.1) is 0 Å². The fourth-order valence-corrected chi connectivity index (χ4v) is 3.73. The first-order valence-electron chi connectivity index (χ1n) is 9.75. The molecule has 0 bridgehead atoms. The van der Waals surface area contributed by atoms with E-state index in [4.69, 9.17) is 0 Å². The highest BCUT2D eigenvalue weighted by molar-refractivity contribution is 5.83. The van der Waals surface area contributed by atoms with E-state index in [0.717, 1.165) is 37.3 Å². The number of amides is 1. The second kappa shape index (κ2) is 8.44. The van der Waals surface area contributed by atoms with E-state index in [1.807, 2.05) is 23.2 Å². The van der Waals surface area contributed by atoms with Crippen molar-refractivity contribution in [1.29, 1.82) is 0 Å². The Labute approximate surface area is 164 Å². The Hall–Kier alpha value is -2.86. The number of anilines is 1. The van der Waals surface area contributed by atoms with Crippen LogP contribution in [-0.4, -0.2) is 55.1 Å². The zero-order valence-corrected chi connectivity index (χ0v) is 15.8. The summed E-state index contributed by atoms with van der Waals surface area (Å²) in [6.07, 6.45) is 2.93. The Morgan fingerprint density at radius 1 is 1.04 bits per heavy atom. The molecular weight excluding hydrogens is 355 g/mol. The maximum Gasteiger partial charge on any atom is 0.236 e. The van der Waals surface area contributed by atoms with Gasteiger partial charge in [0.1, 0.15) is 5.82 Å². The maximum absolute atomic E-state index is 13.1. The molecule has 3 aromatic rings. The topological polar surface area (TPSA) is 51.4 Å². The van der Waals surface area contributed by atoms with Crippen LogP contribution in [0.25, 0.3) is 10.9 Å². The second-order valence-corrected chi connectivity index (χ2v) is 7.13. The van der Waals surface area contributed by atoms with Crippen LogP contribution in [0.3, 0.4) is 0 Å². The van der Waals surface area contributed by atoms with Gasteiger partial charge in [-0.3, -0.25) is 4.79 Å². The fourth-order valence-electron chi connectivity index (χ4n) is 3.73. The van der Waals surface area contributed by atoms with Crippen LogP contribution in [0.5, 0.6) is 0 Å². The summed E-state index contributed by atoms with van der Waals surface area (Å²) in [5.41, 5.74) is 3.42. The fraction of sp³-hybridized carbons (Fsp3) is 0.318. The number of aromatic nitrogens is 1. The first-order valence-corrected chi connectivity index (χ1v) is 9.75. The van der Waals surface area contributed by atoms with Crippen molar-refractivity contribution in [3.05, 3.63) is 66.1 Å². The molecule has 28 heavy (non-hydrogen) atoms. The van der Waals surface area contributed by atoms with Crippen molar-refractivity contribution >= 4 is 22.5 Å². The first-order chi connectivity index (χ1) is 13.7. The number of rotatable bonds is 6. The predicted octanol–water partition coefficient (Wildman–Crippen LogP) is 2.79. The third-order valence-electron chi connectivity index (χ3n) is 5.35. The molecule has 0 spiro atoms. The van der Waals surface area contributed by atoms with E-state index in [0.29, 0.717) is 19.6 Å². The van der Waals surface area contributed by atoms with E-state index in [9.17, 15) is 9.18 Å². The van der Waals surface area contributed by atoms with Gasteiger partial charge in [-0.25, -0.2) is 4.39 Å². The highest BCUT2D eigenvalue weighted by atomic mass is 19.1. The molecule has 0 atom stereocenters. The molecule has 0 unspecified atom stereocenters. The molecule has 1 aliphatic rings. The van der Waals surface area contributed by atoms with Crippen LogP contribution in [0, 0.1) is 5.82 Å². The third kappa shape index (κ3) is 4.17. The molecule has 1 saturated heterocycles. The van der Waals surface area contributed by atoms with Crippen LogP contribution >= 0.6 is 0 Å². The number of fused-ring (bicyclic) bond motifs is 1. The van der Waals surface area contributed by atoms with Gasteiger partial charge in [-0.2, -0.15) is 0 Å². The number of piperazine rings is 1. The number of hydrogen-bond acceptors (Lipinski definition) is 3. The number of para-hydroxylation sites is 1. The van der Waals surface area contributed by atoms with Crippen molar-refractivity contribution < 1.29 is 9.18 Å². The van der Waals surface area contributed by atoms with E-state index in [1.54, 1.807) is 12.1 Å². The van der Waals surface area contributed by atoms with Crippen molar-refractivity contribution in [2.24, 2.45) is 0 Å². The number of carbonyl (C=O) groups is 1. The zero-order valence-electron chi connectivity index (χ0n) is 15.8. The molecule has 5 nitrogen and oxygen atoms in total. The number of carbonyl (C=O) groups excluding carboxylic acids is 1. The van der Waals surface area contributed by atoms with E-state index in [1.165, 1.54) is 23.1 Å². The van der Waals surface area contributed by atoms with Crippen LogP contribution in [-0.2, 0) is 11.2 Å². The van der Waals surface area contributed by atoms with Crippen molar-refractivity contribution in [3.8, 4) is 0 Å². The molecule has 0 aliphatic carbocycles. The third-order valence-corrected chi connectivity index (χ3v) is 5.35. The van der Waals surface area contributed by atoms with Crippen LogP contribution < -0.4 is 10.2 Å². The SMILES string of the molecule is O=C(CNCCc1c[nH]c2ccccc12)N1CCN(c2ccc(F)cc2)CC1. The number of hydrogen-bond donors (Lipinski definition) is 2. The number of halogens is 1. The molecule has 1 fully saturated rings. The molecule has 1 aromatic heterocycles. The minimum Gasteiger partial charge on any atom is -0.368 e. The van der Waals surface area contributed by atoms with Crippen molar-refractivity contribution in [2.75, 3.05) is 44.2 Å². The van der Waals surface area contributed by atoms with Gasteiger partial charge in [0, 0.05) is 49.0 Å². The van der Waals surface area contributed by atoms with Crippen LogP contribution in [0.1, 0.15) is 5.56 Å². The lowest BCUT2D eigenvalue weighted by molar-refractivity contribution is -0.130. The Morgan fingerprint density at radius 3 is 2.57 bits per heavy atom. The van der Waals surface area contributed by atoms with Crippen LogP contribution in [0.4, 0.5) is 10.1 Å². The number of nitrogens with one attached hydrogen (secondary N) is 2. The summed E-state index contributed by atoms with van der Waals surface area (Å²) in [5.74, 6) is -0.0889. The van der Waals surface area contributed by atoms with Gasteiger partial charge in [-0.05, 0) is 48.9 Å². The van der Waals surface area contributed by atoms with Crippen molar-refractivity contribution in [3.63, 3.8) is 0 Å². The Balaban J connectivity index is 1.20. The standard InChI is InChI=1S/C22H25FN4O/c23-18-5-7-19(8-6-18)26-11-13-27(14-12-26)22(28)16-24-10-9-17-15-25-21-4-2-1-3-20(17)21/h1-8,15,24-25H,9-14,16H2. The number of aromatic amines is 1. The summed E-state index contributed by atoms with van der Waals surface area (Å²) < 4.78 is 13.1. The molecule has 6 heteroatoms. The molecule has 0 saturated carbocycles. The maximum atomic E-state index is 13.1. The normalized spacial score (nSPS) is 14.6. The monoisotopic (exact) mass is 380 g/mol. The van der Waals surface area contributed by atoms with E-state index in [-0.39, 0.29) is 11.7 Å². The van der Waals surface area contributed by atoms with Crippen molar-refractivity contribution in [1.82, 2.24) is 15.2 Å². The Morgan fingerprint density at radius 2 is 1.79 bits per heavy atom. The lowest BCUT2D eigenvalue weighted by Gasteiger charge is -2.36. The number of benzene rings is 2. The minimum atomic E-state index is -0.226. The van der Waals surface area contributed by atoms with Gasteiger partial charge in [0.2, 0.25) is 5.91 Å². The average molecular weight is 380 g/mol. The lowest BCUT2D eigenvalue weighted by Crippen LogP contribution is -2.51. The second-order valence-electron chi connectivity index (χ2n) is 7.13. The minimum absolute atomic E-state index is 0.137. The molecule has 2 N–H and O–H groups in total. The van der Waals surface area contributed by atoms with Gasteiger partial charge in [0.25, 0.3) is 0 Å². The van der Waals surface area contributed by atoms with Crippen molar-refractivity contribution in [2.45, 2.75) is 6.42 Å². The van der Waals surface area contributed by atoms with E-state index < -0.39 is 0 Å². The quantitative estimate of drug-likeness (QED) is 0.647. The van der Waals surface area contributed by atoms with Crippen LogP contribution in [0.2, 0.25) is 0 Å². The summed E-state index contributed by atoms with van der Waals surface area (Å²) in [4.78, 5) is 19.8. The summed E-state index contributed by atoms with van der Waals surface area (Å²) in [5, 5.41) is 4.52. The summed E-state index contributed by atoms with van der Waals surface area (Å²) in [6, 6.07) is 14.8. The molecular formula is C22H25FN4O. The summed E-state index contributed by atoms with van der Waals surface area (Å²) in [7, 11) is 0. The van der Waals surface area contributed by atoms with Gasteiger partial charge in [-0.1, -0.05) is 18.2 Å². The van der Waals surface area contributed by atoms with Crippen LogP contribution in [0.15, 0.2) is 54.7 Å². The highest BCUT2D eigenvalue weighted by Crippen LogP contribution is 2.18. The molecule has 146 valence electrons. The van der Waals surface area contributed by atoms with Gasteiger partial charge >= 0.3 is 0 Å². The largest absolute Gasteiger partial charge is 0.368 e. The first kappa shape index (κ1) is 18.5. The molecule has 2 heterocycles. The smallest absolute Gasteiger partial charge is 0.236 e. The predicted molar refractivity (Wildman–Crippen MR) is 110 cm³/mol. The summed E-state index contributed by atoms with van der Waals surface area (Å²) in [6.45, 7) is 4.06. The molecule has 1 amide bonds. The molecule has 1 aliphatic heterocycles. The van der Waals surface area contributed by atoms with Gasteiger partial charge in [0.05, 0.1) is 6.54 Å². The van der Waals surface area contributed by atoms with E-state index in [2.05, 4.69) is 27.3 Å². The molecule has 2 aromatic carbocycles.